The van der Waals surface area contributed by atoms with Crippen LogP contribution in [0, 0.1) is 6.92 Å². The minimum absolute atomic E-state index is 0.213. The van der Waals surface area contributed by atoms with Crippen LogP contribution in [0.4, 0.5) is 5.95 Å². The fourth-order valence-corrected chi connectivity index (χ4v) is 2.67. The highest BCUT2D eigenvalue weighted by Crippen LogP contribution is 2.35. The number of nitrogens with one attached hydrogen (secondary N) is 1. The largest absolute Gasteiger partial charge is 0.497 e. The number of aromatic nitrogens is 2. The zero-order chi connectivity index (χ0) is 14.1. The third kappa shape index (κ3) is 2.19. The molecular weight excluding hydrogens is 254 g/mol. The molecule has 0 saturated carbocycles. The predicted molar refractivity (Wildman–Crippen MR) is 77.5 cm³/mol. The van der Waals surface area contributed by atoms with E-state index in [0.717, 1.165) is 41.7 Å². The molecule has 0 radical (unpaired) electrons. The number of hydrogen-bond donors (Lipinski definition) is 1. The summed E-state index contributed by atoms with van der Waals surface area (Å²) in [5, 5.41) is 3.48. The zero-order valence-corrected chi connectivity index (χ0v) is 12.0. The van der Waals surface area contributed by atoms with Gasteiger partial charge in [-0.2, -0.15) is 0 Å². The van der Waals surface area contributed by atoms with Crippen molar-refractivity contribution in [3.8, 4) is 11.5 Å². The number of aryl methyl sites for hydroxylation is 2. The molecule has 106 valence electrons. The smallest absolute Gasteiger partial charge is 0.203 e. The number of ether oxygens (including phenoxy) is 2. The summed E-state index contributed by atoms with van der Waals surface area (Å²) in [6, 6.07) is 6.15. The molecule has 1 aromatic heterocycles. The van der Waals surface area contributed by atoms with Gasteiger partial charge in [-0.15, -0.1) is 0 Å². The number of benzene rings is 1. The van der Waals surface area contributed by atoms with Crippen molar-refractivity contribution in [2.24, 2.45) is 0 Å². The van der Waals surface area contributed by atoms with Crippen molar-refractivity contribution in [2.75, 3.05) is 19.5 Å². The van der Waals surface area contributed by atoms with E-state index < -0.39 is 0 Å². The second-order valence-corrected chi connectivity index (χ2v) is 4.99. The van der Waals surface area contributed by atoms with Gasteiger partial charge in [0.2, 0.25) is 5.95 Å². The van der Waals surface area contributed by atoms with Crippen LogP contribution < -0.4 is 14.8 Å². The lowest BCUT2D eigenvalue weighted by Gasteiger charge is -2.27. The predicted octanol–water partition coefficient (Wildman–Crippen LogP) is 2.77. The SMILES string of the molecule is COc1ccc(C2CCn3cc(C)nc3N2)c(OC)c1. The number of fused-ring (bicyclic) bond motifs is 1. The van der Waals surface area contributed by atoms with Gasteiger partial charge < -0.3 is 19.4 Å². The average molecular weight is 273 g/mol. The lowest BCUT2D eigenvalue weighted by atomic mass is 10.0. The monoisotopic (exact) mass is 273 g/mol. The van der Waals surface area contributed by atoms with Crippen molar-refractivity contribution >= 4 is 5.95 Å². The van der Waals surface area contributed by atoms with E-state index in [0.29, 0.717) is 0 Å². The Morgan fingerprint density at radius 1 is 1.30 bits per heavy atom. The van der Waals surface area contributed by atoms with Gasteiger partial charge in [-0.3, -0.25) is 0 Å². The second-order valence-electron chi connectivity index (χ2n) is 4.99. The van der Waals surface area contributed by atoms with Crippen molar-refractivity contribution in [3.63, 3.8) is 0 Å². The molecule has 0 spiro atoms. The van der Waals surface area contributed by atoms with Gasteiger partial charge in [-0.1, -0.05) is 0 Å². The van der Waals surface area contributed by atoms with Gasteiger partial charge in [0.15, 0.2) is 0 Å². The maximum Gasteiger partial charge on any atom is 0.203 e. The van der Waals surface area contributed by atoms with Crippen LogP contribution in [0.2, 0.25) is 0 Å². The molecule has 1 unspecified atom stereocenters. The molecule has 2 aromatic rings. The molecule has 1 aromatic carbocycles. The van der Waals surface area contributed by atoms with Crippen LogP contribution in [-0.2, 0) is 6.54 Å². The Morgan fingerprint density at radius 3 is 2.90 bits per heavy atom. The molecule has 5 nitrogen and oxygen atoms in total. The summed E-state index contributed by atoms with van der Waals surface area (Å²) < 4.78 is 12.9. The number of hydrogen-bond acceptors (Lipinski definition) is 4. The highest BCUT2D eigenvalue weighted by atomic mass is 16.5. The minimum atomic E-state index is 0.213. The molecule has 5 heteroatoms. The molecule has 20 heavy (non-hydrogen) atoms. The summed E-state index contributed by atoms with van der Waals surface area (Å²) in [4.78, 5) is 4.50. The van der Waals surface area contributed by atoms with Gasteiger partial charge >= 0.3 is 0 Å². The zero-order valence-electron chi connectivity index (χ0n) is 12.0. The molecule has 2 heterocycles. The van der Waals surface area contributed by atoms with Gasteiger partial charge in [0.25, 0.3) is 0 Å². The van der Waals surface area contributed by atoms with Gasteiger partial charge in [-0.25, -0.2) is 4.98 Å². The number of methoxy groups -OCH3 is 2. The summed E-state index contributed by atoms with van der Waals surface area (Å²) in [6.45, 7) is 2.97. The Bertz CT molecular complexity index is 622. The average Bonchev–Trinajstić information content (AvgIpc) is 2.85. The molecule has 1 atom stereocenters. The van der Waals surface area contributed by atoms with Crippen molar-refractivity contribution in [1.82, 2.24) is 9.55 Å². The van der Waals surface area contributed by atoms with E-state index >= 15 is 0 Å². The molecule has 1 aliphatic heterocycles. The van der Waals surface area contributed by atoms with E-state index in [9.17, 15) is 0 Å². The summed E-state index contributed by atoms with van der Waals surface area (Å²) >= 11 is 0. The van der Waals surface area contributed by atoms with Gasteiger partial charge in [0.1, 0.15) is 11.5 Å². The van der Waals surface area contributed by atoms with Crippen molar-refractivity contribution in [2.45, 2.75) is 25.9 Å². The molecule has 0 saturated heterocycles. The molecule has 1 aliphatic rings. The van der Waals surface area contributed by atoms with E-state index in [-0.39, 0.29) is 6.04 Å². The first kappa shape index (κ1) is 12.8. The molecule has 0 bridgehead atoms. The standard InChI is InChI=1S/C15H19N3O2/c1-10-9-18-7-6-13(17-15(18)16-10)12-5-4-11(19-2)8-14(12)20-3/h4-5,8-9,13H,6-7H2,1-3H3,(H,16,17). The van der Waals surface area contributed by atoms with E-state index in [1.54, 1.807) is 14.2 Å². The minimum Gasteiger partial charge on any atom is -0.497 e. The van der Waals surface area contributed by atoms with Crippen LogP contribution in [0.25, 0.3) is 0 Å². The normalized spacial score (nSPS) is 17.2. The Hall–Kier alpha value is -2.17. The highest BCUT2D eigenvalue weighted by Gasteiger charge is 2.23. The fourth-order valence-electron chi connectivity index (χ4n) is 2.67. The molecular formula is C15H19N3O2. The molecule has 0 aliphatic carbocycles. The Labute approximate surface area is 118 Å². The van der Waals surface area contributed by atoms with Crippen LogP contribution in [0.5, 0.6) is 11.5 Å². The highest BCUT2D eigenvalue weighted by molar-refractivity contribution is 5.46. The summed E-state index contributed by atoms with van der Waals surface area (Å²) in [6.07, 6.45) is 3.08. The number of rotatable bonds is 3. The van der Waals surface area contributed by atoms with Crippen LogP contribution in [-0.4, -0.2) is 23.8 Å². The molecule has 0 fully saturated rings. The number of imidazole rings is 1. The van der Waals surface area contributed by atoms with Gasteiger partial charge in [0, 0.05) is 24.4 Å². The Morgan fingerprint density at radius 2 is 2.15 bits per heavy atom. The first-order valence-electron chi connectivity index (χ1n) is 6.73. The quantitative estimate of drug-likeness (QED) is 0.934. The summed E-state index contributed by atoms with van der Waals surface area (Å²) in [5.41, 5.74) is 2.18. The van der Waals surface area contributed by atoms with Crippen molar-refractivity contribution < 1.29 is 9.47 Å². The lowest BCUT2D eigenvalue weighted by molar-refractivity contribution is 0.386. The van der Waals surface area contributed by atoms with E-state index in [2.05, 4.69) is 27.1 Å². The molecule has 1 N–H and O–H groups in total. The fraction of sp³-hybridized carbons (Fsp3) is 0.400. The number of anilines is 1. The van der Waals surface area contributed by atoms with Crippen LogP contribution >= 0.6 is 0 Å². The Balaban J connectivity index is 1.90. The molecule has 3 rings (SSSR count). The summed E-state index contributed by atoms with van der Waals surface area (Å²) in [7, 11) is 3.35. The van der Waals surface area contributed by atoms with E-state index in [1.165, 1.54) is 0 Å². The summed E-state index contributed by atoms with van der Waals surface area (Å²) in [5.74, 6) is 2.58. The van der Waals surface area contributed by atoms with Crippen molar-refractivity contribution in [1.29, 1.82) is 0 Å². The van der Waals surface area contributed by atoms with E-state index in [1.807, 2.05) is 19.1 Å². The van der Waals surface area contributed by atoms with Gasteiger partial charge in [-0.05, 0) is 25.5 Å². The number of nitrogens with zero attached hydrogens (tertiary/aromatic N) is 2. The third-order valence-electron chi connectivity index (χ3n) is 3.68. The maximum absolute atomic E-state index is 5.49. The van der Waals surface area contributed by atoms with Crippen LogP contribution in [0.15, 0.2) is 24.4 Å². The van der Waals surface area contributed by atoms with Crippen molar-refractivity contribution in [3.05, 3.63) is 35.7 Å². The first-order valence-corrected chi connectivity index (χ1v) is 6.73. The lowest BCUT2D eigenvalue weighted by Crippen LogP contribution is -2.22. The van der Waals surface area contributed by atoms with Gasteiger partial charge in [0.05, 0.1) is 26.0 Å². The first-order chi connectivity index (χ1) is 9.71. The second kappa shape index (κ2) is 5.07. The maximum atomic E-state index is 5.49. The van der Waals surface area contributed by atoms with Crippen LogP contribution in [0.1, 0.15) is 23.7 Å². The topological polar surface area (TPSA) is 48.3 Å². The Kier molecular flexibility index (Phi) is 3.26. The van der Waals surface area contributed by atoms with Crippen LogP contribution in [0.3, 0.4) is 0 Å². The van der Waals surface area contributed by atoms with E-state index in [4.69, 9.17) is 9.47 Å². The molecule has 0 amide bonds. The third-order valence-corrected chi connectivity index (χ3v) is 3.68.